The van der Waals surface area contributed by atoms with E-state index in [9.17, 15) is 10.1 Å². The van der Waals surface area contributed by atoms with Crippen LogP contribution in [0.2, 0.25) is 0 Å². The SMILES string of the molecule is CSOCc1ccc([N+](=O)[O-])cc1. The van der Waals surface area contributed by atoms with Crippen LogP contribution in [0.5, 0.6) is 0 Å². The Morgan fingerprint density at radius 1 is 1.46 bits per heavy atom. The summed E-state index contributed by atoms with van der Waals surface area (Å²) in [6, 6.07) is 6.32. The maximum absolute atomic E-state index is 10.3. The van der Waals surface area contributed by atoms with Gasteiger partial charge in [0.15, 0.2) is 0 Å². The standard InChI is InChI=1S/C8H9NO3S/c1-13-12-6-7-2-4-8(5-3-7)9(10)11/h2-5H,6H2,1H3. The van der Waals surface area contributed by atoms with Gasteiger partial charge in [-0.2, -0.15) is 0 Å². The third-order valence-electron chi connectivity index (χ3n) is 1.49. The minimum absolute atomic E-state index is 0.105. The minimum atomic E-state index is -0.417. The molecular weight excluding hydrogens is 190 g/mol. The van der Waals surface area contributed by atoms with Crippen LogP contribution in [-0.4, -0.2) is 11.2 Å². The van der Waals surface area contributed by atoms with Gasteiger partial charge in [-0.15, -0.1) is 0 Å². The van der Waals surface area contributed by atoms with E-state index in [0.717, 1.165) is 5.56 Å². The molecule has 0 N–H and O–H groups in total. The fourth-order valence-corrected chi connectivity index (χ4v) is 1.09. The number of hydrogen-bond donors (Lipinski definition) is 0. The van der Waals surface area contributed by atoms with Crippen molar-refractivity contribution in [2.45, 2.75) is 6.61 Å². The molecule has 0 radical (unpaired) electrons. The van der Waals surface area contributed by atoms with E-state index >= 15 is 0 Å². The van der Waals surface area contributed by atoms with E-state index in [1.807, 2.05) is 6.26 Å². The molecule has 0 heterocycles. The first kappa shape index (κ1) is 10.0. The van der Waals surface area contributed by atoms with E-state index in [0.29, 0.717) is 6.61 Å². The van der Waals surface area contributed by atoms with Gasteiger partial charge in [0.05, 0.1) is 11.5 Å². The molecule has 1 rings (SSSR count). The monoisotopic (exact) mass is 199 g/mol. The van der Waals surface area contributed by atoms with Crippen molar-refractivity contribution in [1.29, 1.82) is 0 Å². The molecule has 0 amide bonds. The number of nitro benzene ring substituents is 1. The normalized spacial score (nSPS) is 9.92. The van der Waals surface area contributed by atoms with Crippen LogP contribution in [-0.2, 0) is 10.8 Å². The number of hydrogen-bond acceptors (Lipinski definition) is 4. The minimum Gasteiger partial charge on any atom is -0.311 e. The summed E-state index contributed by atoms with van der Waals surface area (Å²) in [6.07, 6.45) is 1.82. The van der Waals surface area contributed by atoms with Crippen LogP contribution in [0.4, 0.5) is 5.69 Å². The molecule has 1 aromatic rings. The van der Waals surface area contributed by atoms with Crippen LogP contribution >= 0.6 is 12.0 Å². The van der Waals surface area contributed by atoms with E-state index in [1.165, 1.54) is 24.2 Å². The second-order valence-electron chi connectivity index (χ2n) is 2.35. The quantitative estimate of drug-likeness (QED) is 0.424. The molecule has 0 aliphatic carbocycles. The van der Waals surface area contributed by atoms with E-state index in [2.05, 4.69) is 0 Å². The van der Waals surface area contributed by atoms with Gasteiger partial charge < -0.3 is 4.18 Å². The number of non-ortho nitro benzene ring substituents is 1. The molecule has 0 spiro atoms. The first-order valence-corrected chi connectivity index (χ1v) is 4.78. The average Bonchev–Trinajstić information content (AvgIpc) is 2.15. The molecule has 0 saturated carbocycles. The summed E-state index contributed by atoms with van der Waals surface area (Å²) in [7, 11) is 0. The molecular formula is C8H9NO3S. The van der Waals surface area contributed by atoms with Gasteiger partial charge in [0.2, 0.25) is 0 Å². The second-order valence-corrected chi connectivity index (χ2v) is 2.92. The lowest BCUT2D eigenvalue weighted by atomic mass is 10.2. The zero-order chi connectivity index (χ0) is 9.68. The van der Waals surface area contributed by atoms with Crippen LogP contribution in [0.15, 0.2) is 24.3 Å². The summed E-state index contributed by atoms with van der Waals surface area (Å²) in [5.74, 6) is 0. The van der Waals surface area contributed by atoms with E-state index in [4.69, 9.17) is 4.18 Å². The van der Waals surface area contributed by atoms with Crippen molar-refractivity contribution in [1.82, 2.24) is 0 Å². The summed E-state index contributed by atoms with van der Waals surface area (Å²) in [4.78, 5) is 9.88. The molecule has 4 nitrogen and oxygen atoms in total. The van der Waals surface area contributed by atoms with Crippen LogP contribution in [0, 0.1) is 10.1 Å². The van der Waals surface area contributed by atoms with Crippen molar-refractivity contribution < 1.29 is 9.11 Å². The Kier molecular flexibility index (Phi) is 3.72. The molecule has 0 aliphatic heterocycles. The molecule has 0 atom stereocenters. The number of rotatable bonds is 4. The van der Waals surface area contributed by atoms with E-state index < -0.39 is 4.92 Å². The lowest BCUT2D eigenvalue weighted by Gasteiger charge is -1.98. The molecule has 0 aromatic heterocycles. The van der Waals surface area contributed by atoms with Crippen molar-refractivity contribution in [3.8, 4) is 0 Å². The Labute approximate surface area is 80.3 Å². The van der Waals surface area contributed by atoms with Gasteiger partial charge >= 0.3 is 0 Å². The van der Waals surface area contributed by atoms with Crippen molar-refractivity contribution in [3.05, 3.63) is 39.9 Å². The predicted molar refractivity (Wildman–Crippen MR) is 51.4 cm³/mol. The van der Waals surface area contributed by atoms with E-state index in [-0.39, 0.29) is 5.69 Å². The van der Waals surface area contributed by atoms with Crippen LogP contribution in [0.25, 0.3) is 0 Å². The largest absolute Gasteiger partial charge is 0.311 e. The van der Waals surface area contributed by atoms with Crippen LogP contribution in [0.1, 0.15) is 5.56 Å². The summed E-state index contributed by atoms with van der Waals surface area (Å²) in [5, 5.41) is 10.3. The van der Waals surface area contributed by atoms with Gasteiger partial charge in [-0.25, -0.2) is 0 Å². The van der Waals surface area contributed by atoms with Gasteiger partial charge in [0.25, 0.3) is 5.69 Å². The van der Waals surface area contributed by atoms with Crippen LogP contribution < -0.4 is 0 Å². The molecule has 0 fully saturated rings. The second kappa shape index (κ2) is 4.84. The molecule has 0 saturated heterocycles. The summed E-state index contributed by atoms with van der Waals surface area (Å²) in [6.45, 7) is 0.471. The first-order chi connectivity index (χ1) is 6.24. The van der Waals surface area contributed by atoms with Gasteiger partial charge in [-0.1, -0.05) is 0 Å². The Bertz CT molecular complexity index is 286. The van der Waals surface area contributed by atoms with Crippen molar-refractivity contribution in [2.24, 2.45) is 0 Å². The zero-order valence-electron chi connectivity index (χ0n) is 7.10. The highest BCUT2D eigenvalue weighted by Gasteiger charge is 2.03. The Morgan fingerprint density at radius 2 is 2.08 bits per heavy atom. The Morgan fingerprint density at radius 3 is 2.54 bits per heavy atom. The Hall–Kier alpha value is -1.07. The average molecular weight is 199 g/mol. The van der Waals surface area contributed by atoms with Crippen molar-refractivity contribution >= 4 is 17.7 Å². The first-order valence-electron chi connectivity index (χ1n) is 3.63. The maximum Gasteiger partial charge on any atom is 0.269 e. The number of nitrogens with zero attached hydrogens (tertiary/aromatic N) is 1. The zero-order valence-corrected chi connectivity index (χ0v) is 7.91. The summed E-state index contributed by atoms with van der Waals surface area (Å²) >= 11 is 1.27. The lowest BCUT2D eigenvalue weighted by Crippen LogP contribution is -1.89. The molecule has 0 aliphatic rings. The molecule has 70 valence electrons. The fraction of sp³-hybridized carbons (Fsp3) is 0.250. The Balaban J connectivity index is 2.64. The maximum atomic E-state index is 10.3. The molecule has 5 heteroatoms. The topological polar surface area (TPSA) is 52.4 Å². The molecule has 1 aromatic carbocycles. The summed E-state index contributed by atoms with van der Waals surface area (Å²) in [5.41, 5.74) is 1.04. The third kappa shape index (κ3) is 3.04. The van der Waals surface area contributed by atoms with Crippen LogP contribution in [0.3, 0.4) is 0 Å². The lowest BCUT2D eigenvalue weighted by molar-refractivity contribution is -0.384. The van der Waals surface area contributed by atoms with Gasteiger partial charge in [0, 0.05) is 18.4 Å². The number of nitro groups is 1. The van der Waals surface area contributed by atoms with Crippen molar-refractivity contribution in [2.75, 3.05) is 6.26 Å². The molecule has 13 heavy (non-hydrogen) atoms. The fourth-order valence-electron chi connectivity index (χ4n) is 0.841. The van der Waals surface area contributed by atoms with E-state index in [1.54, 1.807) is 12.1 Å². The van der Waals surface area contributed by atoms with Gasteiger partial charge in [-0.05, 0) is 29.7 Å². The predicted octanol–water partition coefficient (Wildman–Crippen LogP) is 2.39. The summed E-state index contributed by atoms with van der Waals surface area (Å²) < 4.78 is 5.07. The molecule has 0 unspecified atom stereocenters. The highest BCUT2D eigenvalue weighted by atomic mass is 32.2. The smallest absolute Gasteiger partial charge is 0.269 e. The van der Waals surface area contributed by atoms with Crippen molar-refractivity contribution in [3.63, 3.8) is 0 Å². The highest BCUT2D eigenvalue weighted by Crippen LogP contribution is 2.13. The molecule has 0 bridgehead atoms. The van der Waals surface area contributed by atoms with Gasteiger partial charge in [0.1, 0.15) is 0 Å². The van der Waals surface area contributed by atoms with Gasteiger partial charge in [-0.3, -0.25) is 10.1 Å². The number of benzene rings is 1. The third-order valence-corrected chi connectivity index (χ3v) is 1.84. The highest BCUT2D eigenvalue weighted by molar-refractivity contribution is 7.93.